The first kappa shape index (κ1) is 19.5. The highest BCUT2D eigenvalue weighted by atomic mass is 16.7. The van der Waals surface area contributed by atoms with Gasteiger partial charge in [-0.15, -0.1) is 0 Å². The van der Waals surface area contributed by atoms with Crippen molar-refractivity contribution >= 4 is 11.8 Å². The highest BCUT2D eigenvalue weighted by Gasteiger charge is 2.19. The minimum Gasteiger partial charge on any atom is -0.481 e. The minimum atomic E-state index is -0.777. The lowest BCUT2D eigenvalue weighted by Gasteiger charge is -2.17. The van der Waals surface area contributed by atoms with Crippen LogP contribution in [0, 0.1) is 6.92 Å². The van der Waals surface area contributed by atoms with E-state index in [0.717, 1.165) is 5.56 Å². The second-order valence-corrected chi connectivity index (χ2v) is 6.94. The molecule has 1 heterocycles. The summed E-state index contributed by atoms with van der Waals surface area (Å²) < 4.78 is 16.1. The standard InChI is InChI=1S/C21H24N2O5/c1-12(2)17-7-6-16(9-13(17)3)28-14(4)20(24)22-23-21(25)15-5-8-18-19(10-15)27-11-26-18/h5-10,12,14H,11H2,1-4H3,(H,22,24)(H,23,25)/t14-/m0/s1. The number of fused-ring (bicyclic) bond motifs is 1. The van der Waals surface area contributed by atoms with Crippen molar-refractivity contribution < 1.29 is 23.8 Å². The second kappa shape index (κ2) is 8.21. The smallest absolute Gasteiger partial charge is 0.279 e. The first-order chi connectivity index (χ1) is 13.3. The Morgan fingerprint density at radius 3 is 2.46 bits per heavy atom. The van der Waals surface area contributed by atoms with Crippen LogP contribution in [0.5, 0.6) is 17.2 Å². The monoisotopic (exact) mass is 384 g/mol. The third-order valence-electron chi connectivity index (χ3n) is 4.48. The summed E-state index contributed by atoms with van der Waals surface area (Å²) in [5.74, 6) is 1.18. The molecule has 0 bridgehead atoms. The predicted molar refractivity (Wildman–Crippen MR) is 104 cm³/mol. The lowest BCUT2D eigenvalue weighted by Crippen LogP contribution is -2.47. The Labute approximate surface area is 164 Å². The number of carbonyl (C=O) groups is 2. The largest absolute Gasteiger partial charge is 0.481 e. The van der Waals surface area contributed by atoms with Gasteiger partial charge in [0.15, 0.2) is 17.6 Å². The van der Waals surface area contributed by atoms with Crippen molar-refractivity contribution in [1.29, 1.82) is 0 Å². The van der Waals surface area contributed by atoms with E-state index in [9.17, 15) is 9.59 Å². The van der Waals surface area contributed by atoms with Gasteiger partial charge in [-0.25, -0.2) is 0 Å². The number of benzene rings is 2. The van der Waals surface area contributed by atoms with Gasteiger partial charge in [0.05, 0.1) is 0 Å². The van der Waals surface area contributed by atoms with Gasteiger partial charge >= 0.3 is 0 Å². The summed E-state index contributed by atoms with van der Waals surface area (Å²) >= 11 is 0. The van der Waals surface area contributed by atoms with E-state index < -0.39 is 17.9 Å². The molecule has 1 aliphatic heterocycles. The molecule has 28 heavy (non-hydrogen) atoms. The summed E-state index contributed by atoms with van der Waals surface area (Å²) in [7, 11) is 0. The summed E-state index contributed by atoms with van der Waals surface area (Å²) in [4.78, 5) is 24.4. The van der Waals surface area contributed by atoms with E-state index in [2.05, 4.69) is 24.7 Å². The van der Waals surface area contributed by atoms with Crippen LogP contribution in [-0.2, 0) is 4.79 Å². The van der Waals surface area contributed by atoms with Crippen molar-refractivity contribution in [3.8, 4) is 17.2 Å². The molecular formula is C21H24N2O5. The summed E-state index contributed by atoms with van der Waals surface area (Å²) in [6, 6.07) is 10.5. The molecule has 0 fully saturated rings. The van der Waals surface area contributed by atoms with Crippen molar-refractivity contribution in [1.82, 2.24) is 10.9 Å². The van der Waals surface area contributed by atoms with Crippen LogP contribution in [0.4, 0.5) is 0 Å². The average molecular weight is 384 g/mol. The van der Waals surface area contributed by atoms with Gasteiger partial charge in [-0.05, 0) is 61.2 Å². The Balaban J connectivity index is 1.54. The number of hydrogen-bond acceptors (Lipinski definition) is 5. The fourth-order valence-corrected chi connectivity index (χ4v) is 2.96. The lowest BCUT2D eigenvalue weighted by molar-refractivity contribution is -0.128. The number of ether oxygens (including phenoxy) is 3. The molecule has 0 aliphatic carbocycles. The first-order valence-corrected chi connectivity index (χ1v) is 9.12. The number of rotatable bonds is 5. The van der Waals surface area contributed by atoms with Crippen molar-refractivity contribution in [2.75, 3.05) is 6.79 Å². The molecule has 0 spiro atoms. The van der Waals surface area contributed by atoms with Crippen LogP contribution in [-0.4, -0.2) is 24.7 Å². The summed E-state index contributed by atoms with van der Waals surface area (Å²) in [5.41, 5.74) is 7.44. The molecule has 148 valence electrons. The van der Waals surface area contributed by atoms with E-state index in [4.69, 9.17) is 14.2 Å². The maximum Gasteiger partial charge on any atom is 0.279 e. The van der Waals surface area contributed by atoms with Gasteiger partial charge in [0.25, 0.3) is 11.8 Å². The average Bonchev–Trinajstić information content (AvgIpc) is 3.13. The number of nitrogens with one attached hydrogen (secondary N) is 2. The van der Waals surface area contributed by atoms with Crippen LogP contribution in [0.1, 0.15) is 48.2 Å². The van der Waals surface area contributed by atoms with E-state index in [0.29, 0.717) is 28.7 Å². The molecule has 2 aromatic rings. The number of aryl methyl sites for hydroxylation is 1. The first-order valence-electron chi connectivity index (χ1n) is 9.12. The van der Waals surface area contributed by atoms with Crippen LogP contribution >= 0.6 is 0 Å². The van der Waals surface area contributed by atoms with Crippen LogP contribution in [0.3, 0.4) is 0 Å². The Morgan fingerprint density at radius 1 is 1.00 bits per heavy atom. The normalized spacial score (nSPS) is 13.2. The highest BCUT2D eigenvalue weighted by molar-refractivity contribution is 5.96. The molecule has 1 atom stereocenters. The molecule has 7 nitrogen and oxygen atoms in total. The molecule has 0 saturated carbocycles. The van der Waals surface area contributed by atoms with Crippen molar-refractivity contribution in [2.45, 2.75) is 39.7 Å². The molecule has 0 saturated heterocycles. The van der Waals surface area contributed by atoms with Gasteiger partial charge in [0.1, 0.15) is 5.75 Å². The fraction of sp³-hybridized carbons (Fsp3) is 0.333. The molecule has 3 rings (SSSR count). The minimum absolute atomic E-state index is 0.129. The third-order valence-corrected chi connectivity index (χ3v) is 4.48. The SMILES string of the molecule is Cc1cc(O[C@@H](C)C(=O)NNC(=O)c2ccc3c(c2)OCO3)ccc1C(C)C. The van der Waals surface area contributed by atoms with E-state index in [-0.39, 0.29) is 6.79 Å². The Kier molecular flexibility index (Phi) is 5.73. The van der Waals surface area contributed by atoms with E-state index >= 15 is 0 Å². The number of hydrogen-bond donors (Lipinski definition) is 2. The predicted octanol–water partition coefficient (Wildman–Crippen LogP) is 3.08. The molecule has 1 aliphatic rings. The summed E-state index contributed by atoms with van der Waals surface area (Å²) in [6.07, 6.45) is -0.777. The Morgan fingerprint density at radius 2 is 1.75 bits per heavy atom. The molecule has 0 radical (unpaired) electrons. The van der Waals surface area contributed by atoms with Crippen molar-refractivity contribution in [3.63, 3.8) is 0 Å². The topological polar surface area (TPSA) is 85.9 Å². The maximum atomic E-state index is 12.2. The Bertz CT molecular complexity index is 894. The zero-order chi connectivity index (χ0) is 20.3. The second-order valence-electron chi connectivity index (χ2n) is 6.94. The number of hydrazine groups is 1. The van der Waals surface area contributed by atoms with Gasteiger partial charge in [0.2, 0.25) is 6.79 Å². The number of carbonyl (C=O) groups excluding carboxylic acids is 2. The summed E-state index contributed by atoms with van der Waals surface area (Å²) in [6.45, 7) is 8.01. The van der Waals surface area contributed by atoms with Crippen LogP contribution < -0.4 is 25.1 Å². The van der Waals surface area contributed by atoms with E-state index in [1.54, 1.807) is 25.1 Å². The van der Waals surface area contributed by atoms with Crippen LogP contribution in [0.25, 0.3) is 0 Å². The van der Waals surface area contributed by atoms with E-state index in [1.807, 2.05) is 25.1 Å². The number of amides is 2. The van der Waals surface area contributed by atoms with Gasteiger partial charge < -0.3 is 14.2 Å². The third kappa shape index (κ3) is 4.36. The molecular weight excluding hydrogens is 360 g/mol. The lowest BCUT2D eigenvalue weighted by atomic mass is 9.98. The molecule has 2 amide bonds. The molecule has 0 unspecified atom stereocenters. The van der Waals surface area contributed by atoms with Crippen molar-refractivity contribution in [3.05, 3.63) is 53.1 Å². The van der Waals surface area contributed by atoms with Gasteiger partial charge in [-0.1, -0.05) is 19.9 Å². The molecule has 7 heteroatoms. The highest BCUT2D eigenvalue weighted by Crippen LogP contribution is 2.32. The summed E-state index contributed by atoms with van der Waals surface area (Å²) in [5, 5.41) is 0. The van der Waals surface area contributed by atoms with Crippen LogP contribution in [0.15, 0.2) is 36.4 Å². The van der Waals surface area contributed by atoms with Gasteiger partial charge in [0, 0.05) is 5.56 Å². The van der Waals surface area contributed by atoms with Crippen LogP contribution in [0.2, 0.25) is 0 Å². The van der Waals surface area contributed by atoms with Crippen molar-refractivity contribution in [2.24, 2.45) is 0 Å². The maximum absolute atomic E-state index is 12.2. The molecule has 2 N–H and O–H groups in total. The zero-order valence-corrected chi connectivity index (χ0v) is 16.4. The van der Waals surface area contributed by atoms with Gasteiger partial charge in [-0.3, -0.25) is 20.4 Å². The fourth-order valence-electron chi connectivity index (χ4n) is 2.96. The molecule has 0 aromatic heterocycles. The quantitative estimate of drug-likeness (QED) is 0.774. The zero-order valence-electron chi connectivity index (χ0n) is 16.4. The van der Waals surface area contributed by atoms with Gasteiger partial charge in [-0.2, -0.15) is 0 Å². The molecule has 2 aromatic carbocycles. The Hall–Kier alpha value is -3.22. The van der Waals surface area contributed by atoms with E-state index in [1.165, 1.54) is 5.56 Å².